The first-order valence-electron chi connectivity index (χ1n) is 6.96. The molecule has 0 aliphatic rings. The van der Waals surface area contributed by atoms with E-state index in [4.69, 9.17) is 0 Å². The zero-order valence-electron chi connectivity index (χ0n) is 12.7. The Morgan fingerprint density at radius 2 is 2.09 bits per heavy atom. The van der Waals surface area contributed by atoms with Gasteiger partial charge >= 0.3 is 0 Å². The quantitative estimate of drug-likeness (QED) is 0.769. The highest BCUT2D eigenvalue weighted by atomic mass is 32.2. The van der Waals surface area contributed by atoms with Crippen molar-refractivity contribution in [1.29, 1.82) is 0 Å². The van der Waals surface area contributed by atoms with Crippen LogP contribution in [0.25, 0.3) is 0 Å². The average Bonchev–Trinajstić information content (AvgIpc) is 3.08. The number of hydrogen-bond donors (Lipinski definition) is 1. The number of aryl methyl sites for hydroxylation is 2. The number of pyridine rings is 1. The van der Waals surface area contributed by atoms with E-state index in [0.717, 1.165) is 16.0 Å². The van der Waals surface area contributed by atoms with E-state index in [1.54, 1.807) is 35.4 Å². The van der Waals surface area contributed by atoms with Gasteiger partial charge in [0.2, 0.25) is 0 Å². The molecule has 0 atom stereocenters. The van der Waals surface area contributed by atoms with Gasteiger partial charge in [-0.05, 0) is 37.1 Å². The molecule has 0 unspecified atom stereocenters. The van der Waals surface area contributed by atoms with E-state index in [-0.39, 0.29) is 0 Å². The summed E-state index contributed by atoms with van der Waals surface area (Å²) < 4.78 is 29.5. The first kappa shape index (κ1) is 15.7. The van der Waals surface area contributed by atoms with Crippen LogP contribution in [-0.2, 0) is 16.6 Å². The fourth-order valence-electron chi connectivity index (χ4n) is 2.07. The Bertz CT molecular complexity index is 895. The fraction of sp³-hybridized carbons (Fsp3) is 0.200. The number of rotatable bonds is 5. The Labute approximate surface area is 138 Å². The van der Waals surface area contributed by atoms with Crippen LogP contribution in [0, 0.1) is 13.8 Å². The molecule has 3 aromatic rings. The number of aromatic nitrogens is 3. The molecule has 0 radical (unpaired) electrons. The van der Waals surface area contributed by atoms with Gasteiger partial charge in [-0.25, -0.2) is 13.1 Å². The van der Waals surface area contributed by atoms with Crippen molar-refractivity contribution in [3.05, 3.63) is 58.9 Å². The minimum Gasteiger partial charge on any atom is -0.264 e. The number of hydrogen-bond acceptors (Lipinski definition) is 5. The van der Waals surface area contributed by atoms with Crippen molar-refractivity contribution in [3.8, 4) is 0 Å². The molecule has 0 saturated heterocycles. The van der Waals surface area contributed by atoms with Gasteiger partial charge in [-0.3, -0.25) is 9.71 Å². The maximum Gasteiger partial charge on any atom is 0.272 e. The smallest absolute Gasteiger partial charge is 0.264 e. The predicted molar refractivity (Wildman–Crippen MR) is 90.2 cm³/mol. The zero-order chi connectivity index (χ0) is 16.4. The minimum absolute atomic E-state index is 0.307. The molecule has 0 spiro atoms. The fourth-order valence-corrected chi connectivity index (χ4v) is 4.65. The van der Waals surface area contributed by atoms with Crippen LogP contribution in [0.5, 0.6) is 0 Å². The molecule has 0 aliphatic heterocycles. The lowest BCUT2D eigenvalue weighted by Crippen LogP contribution is -2.16. The minimum atomic E-state index is -3.61. The summed E-state index contributed by atoms with van der Waals surface area (Å²) >= 11 is 1.26. The third-order valence-electron chi connectivity index (χ3n) is 3.42. The second kappa shape index (κ2) is 6.13. The highest BCUT2D eigenvalue weighted by molar-refractivity contribution is 7.94. The average molecular weight is 348 g/mol. The Balaban J connectivity index is 1.85. The molecule has 0 amide bonds. The second-order valence-electron chi connectivity index (χ2n) is 5.15. The van der Waals surface area contributed by atoms with E-state index in [1.165, 1.54) is 11.3 Å². The molecule has 0 aliphatic carbocycles. The Hall–Kier alpha value is -2.19. The van der Waals surface area contributed by atoms with E-state index in [2.05, 4.69) is 14.8 Å². The molecule has 3 aromatic heterocycles. The molecule has 23 heavy (non-hydrogen) atoms. The molecule has 0 bridgehead atoms. The van der Waals surface area contributed by atoms with Crippen LogP contribution in [0.3, 0.4) is 0 Å². The molecular weight excluding hydrogens is 332 g/mol. The molecule has 0 saturated carbocycles. The zero-order valence-corrected chi connectivity index (χ0v) is 14.4. The molecule has 3 rings (SSSR count). The largest absolute Gasteiger partial charge is 0.272 e. The van der Waals surface area contributed by atoms with Crippen molar-refractivity contribution in [2.45, 2.75) is 24.6 Å². The first-order valence-corrected chi connectivity index (χ1v) is 9.26. The van der Waals surface area contributed by atoms with Crippen molar-refractivity contribution in [3.63, 3.8) is 0 Å². The third kappa shape index (κ3) is 3.43. The molecule has 0 aromatic carbocycles. The maximum atomic E-state index is 12.5. The van der Waals surface area contributed by atoms with E-state index >= 15 is 0 Å². The summed E-state index contributed by atoms with van der Waals surface area (Å²) in [5.41, 5.74) is 1.92. The van der Waals surface area contributed by atoms with Crippen molar-refractivity contribution < 1.29 is 8.42 Å². The molecular formula is C15H16N4O2S2. The van der Waals surface area contributed by atoms with Crippen LogP contribution >= 0.6 is 11.3 Å². The summed E-state index contributed by atoms with van der Waals surface area (Å²) in [7, 11) is -3.61. The monoisotopic (exact) mass is 348 g/mol. The van der Waals surface area contributed by atoms with Gasteiger partial charge in [0, 0.05) is 23.3 Å². The summed E-state index contributed by atoms with van der Waals surface area (Å²) in [6, 6.07) is 7.07. The van der Waals surface area contributed by atoms with E-state index in [9.17, 15) is 8.42 Å². The van der Waals surface area contributed by atoms with Crippen molar-refractivity contribution in [1.82, 2.24) is 14.8 Å². The second-order valence-corrected chi connectivity index (χ2v) is 8.31. The van der Waals surface area contributed by atoms with Gasteiger partial charge in [0.1, 0.15) is 10.0 Å². The molecule has 3 heterocycles. The van der Waals surface area contributed by atoms with Crippen LogP contribution in [0.4, 0.5) is 5.82 Å². The number of nitrogens with one attached hydrogen (secondary N) is 1. The van der Waals surface area contributed by atoms with Crippen LogP contribution in [-0.4, -0.2) is 23.2 Å². The summed E-state index contributed by atoms with van der Waals surface area (Å²) in [6.45, 7) is 4.25. The third-order valence-corrected chi connectivity index (χ3v) is 6.40. The summed E-state index contributed by atoms with van der Waals surface area (Å²) in [5, 5.41) is 4.18. The van der Waals surface area contributed by atoms with Gasteiger partial charge in [0.15, 0.2) is 0 Å². The normalized spacial score (nSPS) is 11.6. The van der Waals surface area contributed by atoms with Gasteiger partial charge in [0.25, 0.3) is 10.0 Å². The van der Waals surface area contributed by atoms with Gasteiger partial charge in [-0.2, -0.15) is 5.10 Å². The molecule has 120 valence electrons. The van der Waals surface area contributed by atoms with Crippen molar-refractivity contribution >= 4 is 27.2 Å². The Morgan fingerprint density at radius 1 is 1.26 bits per heavy atom. The number of nitrogens with zero attached hydrogens (tertiary/aromatic N) is 3. The molecule has 8 heteroatoms. The topological polar surface area (TPSA) is 76.9 Å². The molecule has 0 fully saturated rings. The standard InChI is InChI=1S/C15H16N4O2S2/c1-11-8-15(22-12(11)2)23(20,21)18-14-5-7-17-19(14)10-13-4-3-6-16-9-13/h3-9,18H,10H2,1-2H3. The van der Waals surface area contributed by atoms with Crippen molar-refractivity contribution in [2.24, 2.45) is 0 Å². The van der Waals surface area contributed by atoms with Crippen LogP contribution < -0.4 is 4.72 Å². The summed E-state index contributed by atoms with van der Waals surface area (Å²) in [5.74, 6) is 0.428. The van der Waals surface area contributed by atoms with Crippen LogP contribution in [0.1, 0.15) is 16.0 Å². The van der Waals surface area contributed by atoms with Gasteiger partial charge in [0.05, 0.1) is 12.7 Å². The lowest BCUT2D eigenvalue weighted by Gasteiger charge is -2.09. The maximum absolute atomic E-state index is 12.5. The number of anilines is 1. The van der Waals surface area contributed by atoms with E-state index in [1.807, 2.05) is 26.0 Å². The predicted octanol–water partition coefficient (Wildman–Crippen LogP) is 2.81. The Morgan fingerprint density at radius 3 is 2.74 bits per heavy atom. The van der Waals surface area contributed by atoms with Crippen LogP contribution in [0.15, 0.2) is 47.1 Å². The summed E-state index contributed by atoms with van der Waals surface area (Å²) in [6.07, 6.45) is 4.99. The Kier molecular flexibility index (Phi) is 4.18. The summed E-state index contributed by atoms with van der Waals surface area (Å²) in [4.78, 5) is 5.05. The van der Waals surface area contributed by atoms with Gasteiger partial charge < -0.3 is 0 Å². The van der Waals surface area contributed by atoms with Crippen molar-refractivity contribution in [2.75, 3.05) is 4.72 Å². The van der Waals surface area contributed by atoms with Gasteiger partial charge in [-0.1, -0.05) is 6.07 Å². The van der Waals surface area contributed by atoms with Crippen LogP contribution in [0.2, 0.25) is 0 Å². The van der Waals surface area contributed by atoms with Gasteiger partial charge in [-0.15, -0.1) is 11.3 Å². The SMILES string of the molecule is Cc1cc(S(=O)(=O)Nc2ccnn2Cc2cccnc2)sc1C. The highest BCUT2D eigenvalue weighted by Gasteiger charge is 2.19. The lowest BCUT2D eigenvalue weighted by atomic mass is 10.3. The number of thiophene rings is 1. The molecule has 1 N–H and O–H groups in total. The van der Waals surface area contributed by atoms with E-state index < -0.39 is 10.0 Å². The number of sulfonamides is 1. The lowest BCUT2D eigenvalue weighted by molar-refractivity contribution is 0.601. The highest BCUT2D eigenvalue weighted by Crippen LogP contribution is 2.26. The van der Waals surface area contributed by atoms with E-state index in [0.29, 0.717) is 16.6 Å². The molecule has 6 nitrogen and oxygen atoms in total. The first-order chi connectivity index (χ1) is 11.0.